The maximum atomic E-state index is 12.3. The van der Waals surface area contributed by atoms with E-state index in [1.165, 1.54) is 0 Å². The van der Waals surface area contributed by atoms with Crippen LogP contribution in [0.5, 0.6) is 0 Å². The highest BCUT2D eigenvalue weighted by Gasteiger charge is 2.15. The van der Waals surface area contributed by atoms with Gasteiger partial charge in [-0.1, -0.05) is 6.07 Å². The van der Waals surface area contributed by atoms with Crippen LogP contribution < -0.4 is 5.32 Å². The highest BCUT2D eigenvalue weighted by Crippen LogP contribution is 2.27. The Balaban J connectivity index is 1.71. The van der Waals surface area contributed by atoms with Gasteiger partial charge in [0, 0.05) is 41.3 Å². The van der Waals surface area contributed by atoms with Crippen LogP contribution in [0.3, 0.4) is 0 Å². The van der Waals surface area contributed by atoms with E-state index in [-0.39, 0.29) is 5.91 Å². The molecule has 0 fully saturated rings. The van der Waals surface area contributed by atoms with E-state index in [0.717, 1.165) is 33.2 Å². The topological polar surface area (TPSA) is 59.8 Å². The van der Waals surface area contributed by atoms with E-state index in [4.69, 9.17) is 0 Å². The molecule has 3 rings (SSSR count). The molecule has 0 aliphatic heterocycles. The van der Waals surface area contributed by atoms with E-state index in [0.29, 0.717) is 13.1 Å². The summed E-state index contributed by atoms with van der Waals surface area (Å²) in [4.78, 5) is 20.9. The Morgan fingerprint density at radius 2 is 2.17 bits per heavy atom. The zero-order valence-corrected chi connectivity index (χ0v) is 14.9. The number of thiazole rings is 1. The molecule has 0 radical (unpaired) electrons. The average molecular weight is 340 g/mol. The van der Waals surface area contributed by atoms with Crippen LogP contribution >= 0.6 is 11.3 Å². The summed E-state index contributed by atoms with van der Waals surface area (Å²) in [6, 6.07) is 5.91. The Bertz CT molecular complexity index is 851. The molecule has 24 heavy (non-hydrogen) atoms. The van der Waals surface area contributed by atoms with Gasteiger partial charge in [0.2, 0.25) is 5.91 Å². The molecule has 0 saturated heterocycles. The summed E-state index contributed by atoms with van der Waals surface area (Å²) in [5, 5.41) is 6.05. The SMILES string of the molecule is Cc1nc(-c2cc(C)n(CC(=O)NCc3cccnc3)c2C)cs1. The van der Waals surface area contributed by atoms with Crippen LogP contribution in [-0.4, -0.2) is 20.4 Å². The summed E-state index contributed by atoms with van der Waals surface area (Å²) >= 11 is 1.64. The van der Waals surface area contributed by atoms with Gasteiger partial charge in [-0.2, -0.15) is 0 Å². The third kappa shape index (κ3) is 3.54. The second-order valence-corrected chi connectivity index (χ2v) is 6.82. The largest absolute Gasteiger partial charge is 0.350 e. The standard InChI is InChI=1S/C18H20N4OS/c1-12-7-16(17-11-24-14(3)21-17)13(2)22(12)10-18(23)20-9-15-5-4-6-19-8-15/h4-8,11H,9-10H2,1-3H3,(H,20,23). The molecule has 3 aromatic rings. The van der Waals surface area contributed by atoms with Crippen LogP contribution in [0.2, 0.25) is 0 Å². The summed E-state index contributed by atoms with van der Waals surface area (Å²) in [6.07, 6.45) is 3.48. The molecule has 0 spiro atoms. The molecule has 3 heterocycles. The van der Waals surface area contributed by atoms with Crippen LogP contribution in [0.15, 0.2) is 36.0 Å². The lowest BCUT2D eigenvalue weighted by atomic mass is 10.2. The fourth-order valence-electron chi connectivity index (χ4n) is 2.69. The number of nitrogens with one attached hydrogen (secondary N) is 1. The molecule has 0 aliphatic carbocycles. The quantitative estimate of drug-likeness (QED) is 0.775. The minimum Gasteiger partial charge on any atom is -0.350 e. The average Bonchev–Trinajstić information content (AvgIpc) is 3.12. The molecule has 0 bridgehead atoms. The predicted octanol–water partition coefficient (Wildman–Crippen LogP) is 3.25. The fourth-order valence-corrected chi connectivity index (χ4v) is 3.31. The highest BCUT2D eigenvalue weighted by molar-refractivity contribution is 7.09. The van der Waals surface area contributed by atoms with Crippen molar-refractivity contribution in [2.24, 2.45) is 0 Å². The Morgan fingerprint density at radius 3 is 2.83 bits per heavy atom. The molecule has 0 aromatic carbocycles. The van der Waals surface area contributed by atoms with Crippen LogP contribution in [0.1, 0.15) is 22.0 Å². The molecule has 0 aliphatic rings. The summed E-state index contributed by atoms with van der Waals surface area (Å²) in [7, 11) is 0. The molecule has 6 heteroatoms. The molecule has 5 nitrogen and oxygen atoms in total. The van der Waals surface area contributed by atoms with Crippen molar-refractivity contribution in [3.05, 3.63) is 57.9 Å². The Labute approximate surface area is 145 Å². The fraction of sp³-hybridized carbons (Fsp3) is 0.278. The van der Waals surface area contributed by atoms with Crippen molar-refractivity contribution < 1.29 is 4.79 Å². The van der Waals surface area contributed by atoms with E-state index in [9.17, 15) is 4.79 Å². The van der Waals surface area contributed by atoms with E-state index in [1.54, 1.807) is 23.7 Å². The highest BCUT2D eigenvalue weighted by atomic mass is 32.1. The van der Waals surface area contributed by atoms with Gasteiger partial charge < -0.3 is 9.88 Å². The van der Waals surface area contributed by atoms with Crippen molar-refractivity contribution in [1.29, 1.82) is 0 Å². The van der Waals surface area contributed by atoms with E-state index in [1.807, 2.05) is 37.5 Å². The molecule has 0 saturated carbocycles. The number of nitrogens with zero attached hydrogens (tertiary/aromatic N) is 3. The zero-order chi connectivity index (χ0) is 17.1. The molecule has 0 atom stereocenters. The van der Waals surface area contributed by atoms with Crippen molar-refractivity contribution in [2.75, 3.05) is 0 Å². The third-order valence-electron chi connectivity index (χ3n) is 3.98. The third-order valence-corrected chi connectivity index (χ3v) is 4.76. The number of rotatable bonds is 5. The second kappa shape index (κ2) is 6.97. The summed E-state index contributed by atoms with van der Waals surface area (Å²) < 4.78 is 2.03. The lowest BCUT2D eigenvalue weighted by Gasteiger charge is -2.10. The van der Waals surface area contributed by atoms with E-state index in [2.05, 4.69) is 26.7 Å². The van der Waals surface area contributed by atoms with Crippen LogP contribution in [-0.2, 0) is 17.9 Å². The van der Waals surface area contributed by atoms with Gasteiger partial charge >= 0.3 is 0 Å². The Hall–Kier alpha value is -2.47. The van der Waals surface area contributed by atoms with Crippen molar-refractivity contribution in [1.82, 2.24) is 19.9 Å². The second-order valence-electron chi connectivity index (χ2n) is 5.76. The van der Waals surface area contributed by atoms with Gasteiger partial charge in [0.25, 0.3) is 0 Å². The van der Waals surface area contributed by atoms with Crippen LogP contribution in [0.25, 0.3) is 11.3 Å². The zero-order valence-electron chi connectivity index (χ0n) is 14.0. The summed E-state index contributed by atoms with van der Waals surface area (Å²) in [5.74, 6) is -0.0124. The summed E-state index contributed by atoms with van der Waals surface area (Å²) in [5.41, 5.74) is 5.19. The number of hydrogen-bond donors (Lipinski definition) is 1. The van der Waals surface area contributed by atoms with Crippen molar-refractivity contribution in [2.45, 2.75) is 33.9 Å². The van der Waals surface area contributed by atoms with Crippen molar-refractivity contribution >= 4 is 17.2 Å². The van der Waals surface area contributed by atoms with Crippen LogP contribution in [0, 0.1) is 20.8 Å². The first-order valence-electron chi connectivity index (χ1n) is 7.79. The predicted molar refractivity (Wildman–Crippen MR) is 95.8 cm³/mol. The number of carbonyl (C=O) groups excluding carboxylic acids is 1. The number of amides is 1. The lowest BCUT2D eigenvalue weighted by molar-refractivity contribution is -0.121. The molecule has 0 unspecified atom stereocenters. The van der Waals surface area contributed by atoms with Gasteiger partial charge in [0.05, 0.1) is 10.7 Å². The number of hydrogen-bond acceptors (Lipinski definition) is 4. The number of aromatic nitrogens is 3. The van der Waals surface area contributed by atoms with Crippen LogP contribution in [0.4, 0.5) is 0 Å². The molecule has 3 aromatic heterocycles. The van der Waals surface area contributed by atoms with Gasteiger partial charge in [-0.15, -0.1) is 11.3 Å². The molecular weight excluding hydrogens is 320 g/mol. The molecule has 1 N–H and O–H groups in total. The number of pyridine rings is 1. The first-order chi connectivity index (χ1) is 11.5. The molecule has 1 amide bonds. The van der Waals surface area contributed by atoms with E-state index < -0.39 is 0 Å². The van der Waals surface area contributed by atoms with Crippen molar-refractivity contribution in [3.8, 4) is 11.3 Å². The van der Waals surface area contributed by atoms with Gasteiger partial charge in [-0.3, -0.25) is 9.78 Å². The van der Waals surface area contributed by atoms with Crippen molar-refractivity contribution in [3.63, 3.8) is 0 Å². The Kier molecular flexibility index (Phi) is 4.76. The number of aryl methyl sites for hydroxylation is 2. The minimum atomic E-state index is -0.0124. The first kappa shape index (κ1) is 16.4. The van der Waals surface area contributed by atoms with Gasteiger partial charge in [-0.25, -0.2) is 4.98 Å². The van der Waals surface area contributed by atoms with Gasteiger partial charge in [-0.05, 0) is 38.5 Å². The number of carbonyl (C=O) groups is 1. The maximum Gasteiger partial charge on any atom is 0.240 e. The first-order valence-corrected chi connectivity index (χ1v) is 8.67. The normalized spacial score (nSPS) is 10.8. The lowest BCUT2D eigenvalue weighted by Crippen LogP contribution is -2.27. The van der Waals surface area contributed by atoms with E-state index >= 15 is 0 Å². The smallest absolute Gasteiger partial charge is 0.240 e. The maximum absolute atomic E-state index is 12.3. The Morgan fingerprint density at radius 1 is 1.33 bits per heavy atom. The van der Waals surface area contributed by atoms with Gasteiger partial charge in [0.1, 0.15) is 6.54 Å². The van der Waals surface area contributed by atoms with Gasteiger partial charge in [0.15, 0.2) is 0 Å². The molecule has 124 valence electrons. The molecular formula is C18H20N4OS. The monoisotopic (exact) mass is 340 g/mol. The minimum absolute atomic E-state index is 0.0124. The summed E-state index contributed by atoms with van der Waals surface area (Å²) in [6.45, 7) is 6.85.